The summed E-state index contributed by atoms with van der Waals surface area (Å²) in [6.45, 7) is -0.505. The van der Waals surface area contributed by atoms with E-state index in [-0.39, 0.29) is 11.4 Å². The summed E-state index contributed by atoms with van der Waals surface area (Å²) in [4.78, 5) is 11.4. The summed E-state index contributed by atoms with van der Waals surface area (Å²) < 4.78 is 78.8. The molecule has 0 unspecified atom stereocenters. The fourth-order valence-electron chi connectivity index (χ4n) is 1.93. The van der Waals surface area contributed by atoms with E-state index in [2.05, 4.69) is 10.1 Å². The van der Waals surface area contributed by atoms with Gasteiger partial charge in [0, 0.05) is 6.54 Å². The van der Waals surface area contributed by atoms with Crippen LogP contribution < -0.4 is 14.8 Å². The molecule has 0 aliphatic rings. The average Bonchev–Trinajstić information content (AvgIpc) is 2.58. The summed E-state index contributed by atoms with van der Waals surface area (Å²) in [5.41, 5.74) is 0.618. The molecular formula is C16H14F4N2O4S. The lowest BCUT2D eigenvalue weighted by Crippen LogP contribution is -2.36. The molecule has 0 heterocycles. The number of hydrogen-bond acceptors (Lipinski definition) is 4. The number of hydrogen-bond donors (Lipinski definition) is 2. The Morgan fingerprint density at radius 3 is 2.15 bits per heavy atom. The van der Waals surface area contributed by atoms with Crippen LogP contribution in [0.3, 0.4) is 0 Å². The highest BCUT2D eigenvalue weighted by molar-refractivity contribution is 7.89. The number of amides is 1. The van der Waals surface area contributed by atoms with Gasteiger partial charge in [0.05, 0.1) is 11.4 Å². The van der Waals surface area contributed by atoms with E-state index >= 15 is 0 Å². The molecule has 0 radical (unpaired) electrons. The van der Waals surface area contributed by atoms with E-state index in [9.17, 15) is 30.8 Å². The van der Waals surface area contributed by atoms with Crippen molar-refractivity contribution in [3.63, 3.8) is 0 Å². The first-order valence-electron chi connectivity index (χ1n) is 7.42. The lowest BCUT2D eigenvalue weighted by Gasteiger charge is -2.10. The number of benzene rings is 2. The van der Waals surface area contributed by atoms with Gasteiger partial charge in [-0.2, -0.15) is 0 Å². The van der Waals surface area contributed by atoms with E-state index in [1.807, 2.05) is 4.72 Å². The zero-order chi connectivity index (χ0) is 20.1. The Kier molecular flexibility index (Phi) is 6.39. The Hall–Kier alpha value is -2.66. The van der Waals surface area contributed by atoms with Crippen LogP contribution >= 0.6 is 0 Å². The van der Waals surface area contributed by atoms with Crippen LogP contribution in [-0.2, 0) is 21.4 Å². The molecule has 11 heteroatoms. The lowest BCUT2D eigenvalue weighted by atomic mass is 10.2. The maximum atomic E-state index is 12.8. The number of nitrogens with one attached hydrogen (secondary N) is 2. The number of rotatable bonds is 7. The fraction of sp³-hybridized carbons (Fsp3) is 0.188. The third-order valence-electron chi connectivity index (χ3n) is 3.19. The van der Waals surface area contributed by atoms with Crippen LogP contribution in [0.2, 0.25) is 0 Å². The minimum absolute atomic E-state index is 0.0737. The number of halogens is 4. The topological polar surface area (TPSA) is 84.5 Å². The standard InChI is InChI=1S/C16H14F4N2O4S/c17-12-3-1-11(2-4-12)9-21-15(23)10-22-27(24,25)14-7-5-13(6-8-14)26-16(18,19)20/h1-8,22H,9-10H2,(H,21,23). The van der Waals surface area contributed by atoms with Crippen molar-refractivity contribution in [1.29, 1.82) is 0 Å². The van der Waals surface area contributed by atoms with Gasteiger partial charge in [-0.3, -0.25) is 4.79 Å². The van der Waals surface area contributed by atoms with Crippen LogP contribution in [-0.4, -0.2) is 27.2 Å². The molecule has 6 nitrogen and oxygen atoms in total. The van der Waals surface area contributed by atoms with Crippen LogP contribution in [0.15, 0.2) is 53.4 Å². The van der Waals surface area contributed by atoms with Gasteiger partial charge < -0.3 is 10.1 Å². The SMILES string of the molecule is O=C(CNS(=O)(=O)c1ccc(OC(F)(F)F)cc1)NCc1ccc(F)cc1. The third kappa shape index (κ3) is 6.87. The summed E-state index contributed by atoms with van der Waals surface area (Å²) >= 11 is 0. The molecule has 0 saturated heterocycles. The molecule has 0 spiro atoms. The minimum Gasteiger partial charge on any atom is -0.406 e. The molecule has 0 fully saturated rings. The molecule has 2 aromatic rings. The Morgan fingerprint density at radius 1 is 1.00 bits per heavy atom. The third-order valence-corrected chi connectivity index (χ3v) is 4.61. The van der Waals surface area contributed by atoms with E-state index < -0.39 is 40.4 Å². The normalized spacial score (nSPS) is 11.9. The van der Waals surface area contributed by atoms with Crippen LogP contribution in [0.5, 0.6) is 5.75 Å². The molecule has 0 aromatic heterocycles. The molecule has 2 rings (SSSR count). The lowest BCUT2D eigenvalue weighted by molar-refractivity contribution is -0.274. The van der Waals surface area contributed by atoms with E-state index in [4.69, 9.17) is 0 Å². The van der Waals surface area contributed by atoms with E-state index in [0.717, 1.165) is 24.3 Å². The first-order valence-corrected chi connectivity index (χ1v) is 8.90. The van der Waals surface area contributed by atoms with E-state index in [0.29, 0.717) is 5.56 Å². The average molecular weight is 406 g/mol. The number of carbonyl (C=O) groups is 1. The quantitative estimate of drug-likeness (QED) is 0.692. The van der Waals surface area contributed by atoms with Gasteiger partial charge in [-0.05, 0) is 42.0 Å². The molecular weight excluding hydrogens is 392 g/mol. The molecule has 2 aromatic carbocycles. The molecule has 1 amide bonds. The monoisotopic (exact) mass is 406 g/mol. The van der Waals surface area contributed by atoms with Crippen molar-refractivity contribution in [3.8, 4) is 5.75 Å². The predicted octanol–water partition coefficient (Wildman–Crippen LogP) is 2.32. The highest BCUT2D eigenvalue weighted by Crippen LogP contribution is 2.23. The van der Waals surface area contributed by atoms with Crippen LogP contribution in [0.4, 0.5) is 17.6 Å². The summed E-state index contributed by atoms with van der Waals surface area (Å²) in [5, 5.41) is 2.44. The number of alkyl halides is 3. The highest BCUT2D eigenvalue weighted by atomic mass is 32.2. The van der Waals surface area contributed by atoms with Crippen molar-refractivity contribution in [3.05, 3.63) is 59.9 Å². The van der Waals surface area contributed by atoms with Crippen molar-refractivity contribution >= 4 is 15.9 Å². The van der Waals surface area contributed by atoms with Gasteiger partial charge in [0.25, 0.3) is 0 Å². The second-order valence-electron chi connectivity index (χ2n) is 5.25. The van der Waals surface area contributed by atoms with Gasteiger partial charge in [-0.1, -0.05) is 12.1 Å². The molecule has 0 atom stereocenters. The maximum Gasteiger partial charge on any atom is 0.573 e. The van der Waals surface area contributed by atoms with Crippen molar-refractivity contribution < 1.29 is 35.5 Å². The first kappa shape index (κ1) is 20.6. The molecule has 0 bridgehead atoms. The second kappa shape index (κ2) is 8.35. The largest absolute Gasteiger partial charge is 0.573 e. The van der Waals surface area contributed by atoms with Crippen molar-refractivity contribution in [1.82, 2.24) is 10.0 Å². The van der Waals surface area contributed by atoms with Gasteiger partial charge in [0.15, 0.2) is 0 Å². The van der Waals surface area contributed by atoms with E-state index in [1.165, 1.54) is 24.3 Å². The highest BCUT2D eigenvalue weighted by Gasteiger charge is 2.31. The number of carbonyl (C=O) groups excluding carboxylic acids is 1. The summed E-state index contributed by atoms with van der Waals surface area (Å²) in [7, 11) is -4.10. The summed E-state index contributed by atoms with van der Waals surface area (Å²) in [6, 6.07) is 8.88. The van der Waals surface area contributed by atoms with Crippen molar-refractivity contribution in [2.45, 2.75) is 17.8 Å². The zero-order valence-electron chi connectivity index (χ0n) is 13.6. The minimum atomic E-state index is -4.89. The van der Waals surface area contributed by atoms with Crippen LogP contribution in [0.25, 0.3) is 0 Å². The molecule has 0 aliphatic heterocycles. The van der Waals surface area contributed by atoms with Gasteiger partial charge in [-0.15, -0.1) is 13.2 Å². The maximum absolute atomic E-state index is 12.8. The van der Waals surface area contributed by atoms with Crippen molar-refractivity contribution in [2.75, 3.05) is 6.54 Å². The molecule has 2 N–H and O–H groups in total. The summed E-state index contributed by atoms with van der Waals surface area (Å²) in [6.07, 6.45) is -4.89. The predicted molar refractivity (Wildman–Crippen MR) is 86.6 cm³/mol. The Morgan fingerprint density at radius 2 is 1.59 bits per heavy atom. The number of ether oxygens (including phenoxy) is 1. The van der Waals surface area contributed by atoms with Crippen LogP contribution in [0.1, 0.15) is 5.56 Å². The van der Waals surface area contributed by atoms with Crippen LogP contribution in [0, 0.1) is 5.82 Å². The number of sulfonamides is 1. The fourth-order valence-corrected chi connectivity index (χ4v) is 2.91. The molecule has 27 heavy (non-hydrogen) atoms. The molecule has 146 valence electrons. The van der Waals surface area contributed by atoms with Crippen molar-refractivity contribution in [2.24, 2.45) is 0 Å². The van der Waals surface area contributed by atoms with Gasteiger partial charge in [0.2, 0.25) is 15.9 Å². The Bertz CT molecular complexity index is 882. The molecule has 0 saturated carbocycles. The van der Waals surface area contributed by atoms with Gasteiger partial charge >= 0.3 is 6.36 Å². The second-order valence-corrected chi connectivity index (χ2v) is 7.01. The smallest absolute Gasteiger partial charge is 0.406 e. The Balaban J connectivity index is 1.88. The van der Waals surface area contributed by atoms with Gasteiger partial charge in [-0.25, -0.2) is 17.5 Å². The summed E-state index contributed by atoms with van der Waals surface area (Å²) in [5.74, 6) is -1.64. The zero-order valence-corrected chi connectivity index (χ0v) is 14.4. The molecule has 0 aliphatic carbocycles. The first-order chi connectivity index (χ1) is 12.5. The Labute approximate surface area is 152 Å². The van der Waals surface area contributed by atoms with E-state index in [1.54, 1.807) is 0 Å². The van der Waals surface area contributed by atoms with Gasteiger partial charge in [0.1, 0.15) is 11.6 Å².